The minimum atomic E-state index is -5.45. The lowest BCUT2D eigenvalue weighted by atomic mass is 10.1. The van der Waals surface area contributed by atoms with Gasteiger partial charge in [0.1, 0.15) is 15.8 Å². The van der Waals surface area contributed by atoms with E-state index < -0.39 is 26.3 Å². The molecule has 0 fully saturated rings. The number of aliphatic hydroxyl groups is 1. The second-order valence-electron chi connectivity index (χ2n) is 7.07. The van der Waals surface area contributed by atoms with Crippen LogP contribution in [0.1, 0.15) is 21.3 Å². The zero-order valence-corrected chi connectivity index (χ0v) is 20.2. The van der Waals surface area contributed by atoms with Crippen molar-refractivity contribution in [2.75, 3.05) is 6.61 Å². The highest BCUT2D eigenvalue weighted by atomic mass is 32.2. The fraction of sp³-hybridized carbons (Fsp3) is 0.300. The zero-order valence-electron chi connectivity index (χ0n) is 17.7. The summed E-state index contributed by atoms with van der Waals surface area (Å²) < 4.78 is 65.5. The van der Waals surface area contributed by atoms with Gasteiger partial charge in [0.2, 0.25) is 0 Å². The molecule has 0 aliphatic carbocycles. The van der Waals surface area contributed by atoms with Gasteiger partial charge in [-0.05, 0) is 17.7 Å². The Balaban J connectivity index is 1.67. The Hall–Kier alpha value is -2.88. The highest BCUT2D eigenvalue weighted by Gasteiger charge is 2.46. The lowest BCUT2D eigenvalue weighted by Gasteiger charge is -2.08. The number of sulfone groups is 1. The van der Waals surface area contributed by atoms with Crippen LogP contribution in [0.5, 0.6) is 0 Å². The van der Waals surface area contributed by atoms with Gasteiger partial charge < -0.3 is 15.6 Å². The largest absolute Gasteiger partial charge is 0.501 e. The predicted molar refractivity (Wildman–Crippen MR) is 120 cm³/mol. The van der Waals surface area contributed by atoms with Gasteiger partial charge in [0.15, 0.2) is 0 Å². The number of halogens is 3. The number of ketones is 1. The number of nitrogens with zero attached hydrogens (tertiary/aromatic N) is 2. The number of nitrogens with two attached hydrogens (primary N) is 1. The summed E-state index contributed by atoms with van der Waals surface area (Å²) in [5.41, 5.74) is 0.994. The van der Waals surface area contributed by atoms with Crippen molar-refractivity contribution in [1.82, 2.24) is 9.97 Å². The van der Waals surface area contributed by atoms with Crippen LogP contribution in [0.4, 0.5) is 18.0 Å². The van der Waals surface area contributed by atoms with Crippen LogP contribution >= 0.6 is 22.7 Å². The number of carbonyl (C=O) groups is 2. The van der Waals surface area contributed by atoms with E-state index in [1.165, 1.54) is 22.7 Å². The first kappa shape index (κ1) is 26.7. The number of amides is 1. The number of ether oxygens (including phenoxy) is 1. The second kappa shape index (κ2) is 10.8. The zero-order chi connectivity index (χ0) is 25.8. The quantitative estimate of drug-likeness (QED) is 0.392. The molecule has 0 bridgehead atoms. The molecule has 15 heteroatoms. The molecule has 2 aromatic heterocycles. The fourth-order valence-electron chi connectivity index (χ4n) is 2.96. The Morgan fingerprint density at radius 2 is 1.77 bits per heavy atom. The Morgan fingerprint density at radius 3 is 2.37 bits per heavy atom. The van der Waals surface area contributed by atoms with Gasteiger partial charge in [-0.25, -0.2) is 23.2 Å². The standard InChI is InChI=1S/C20H18F3N3O6S3/c21-20(22,23)35(30,31)13-3-1-11(2-4-13)7-12(28)8-16-26-15(10-33-16)18-14(5-6-32-19(24)29)25-17(9-27)34-18/h1-4,10,27H,5-9H2,(H2,24,29). The second-order valence-corrected chi connectivity index (χ2v) is 11.0. The van der Waals surface area contributed by atoms with Crippen LogP contribution in [0.25, 0.3) is 10.6 Å². The number of benzene rings is 1. The van der Waals surface area contributed by atoms with Gasteiger partial charge in [-0.2, -0.15) is 13.2 Å². The molecule has 0 atom stereocenters. The number of rotatable bonds is 10. The van der Waals surface area contributed by atoms with Gasteiger partial charge >= 0.3 is 11.6 Å². The van der Waals surface area contributed by atoms with Gasteiger partial charge in [0.25, 0.3) is 9.84 Å². The Bertz CT molecular complexity index is 1320. The van der Waals surface area contributed by atoms with Crippen LogP contribution < -0.4 is 5.73 Å². The van der Waals surface area contributed by atoms with Crippen LogP contribution in [0.15, 0.2) is 34.5 Å². The van der Waals surface area contributed by atoms with Gasteiger partial charge in [-0.1, -0.05) is 12.1 Å². The normalized spacial score (nSPS) is 12.0. The van der Waals surface area contributed by atoms with Crippen LogP contribution in [-0.4, -0.2) is 47.5 Å². The molecule has 0 saturated heterocycles. The summed E-state index contributed by atoms with van der Waals surface area (Å²) in [6, 6.07) is 3.97. The number of aliphatic hydroxyl groups excluding tert-OH is 1. The number of thiazole rings is 2. The van der Waals surface area contributed by atoms with Gasteiger partial charge in [0, 0.05) is 18.2 Å². The summed E-state index contributed by atoms with van der Waals surface area (Å²) in [6.07, 6.45) is -0.832. The van der Waals surface area contributed by atoms with E-state index in [0.717, 1.165) is 24.3 Å². The minimum Gasteiger partial charge on any atom is -0.449 e. The molecule has 188 valence electrons. The van der Waals surface area contributed by atoms with Gasteiger partial charge in [-0.15, -0.1) is 22.7 Å². The first-order valence-electron chi connectivity index (χ1n) is 9.79. The number of carbonyl (C=O) groups excluding carboxylic acids is 2. The van der Waals surface area contributed by atoms with E-state index in [0.29, 0.717) is 31.8 Å². The molecule has 0 aliphatic rings. The van der Waals surface area contributed by atoms with Gasteiger partial charge in [0.05, 0.1) is 40.8 Å². The topological polar surface area (TPSA) is 150 Å². The summed E-state index contributed by atoms with van der Waals surface area (Å²) in [7, 11) is -5.45. The molecular weight excluding hydrogens is 531 g/mol. The summed E-state index contributed by atoms with van der Waals surface area (Å²) in [5.74, 6) is -0.271. The number of alkyl halides is 3. The first-order valence-corrected chi connectivity index (χ1v) is 13.0. The van der Waals surface area contributed by atoms with Crippen LogP contribution in [0.3, 0.4) is 0 Å². The average Bonchev–Trinajstić information content (AvgIpc) is 3.39. The molecule has 3 rings (SSSR count). The number of primary amides is 1. The third-order valence-electron chi connectivity index (χ3n) is 4.53. The lowest BCUT2D eigenvalue weighted by Crippen LogP contribution is -2.23. The molecule has 1 amide bonds. The van der Waals surface area contributed by atoms with E-state index in [4.69, 9.17) is 10.5 Å². The SMILES string of the molecule is NC(=O)OCCc1nc(CO)sc1-c1csc(CC(=O)Cc2ccc(S(=O)(=O)C(F)(F)F)cc2)n1. The molecule has 2 heterocycles. The predicted octanol–water partition coefficient (Wildman–Crippen LogP) is 3.04. The monoisotopic (exact) mass is 549 g/mol. The fourth-order valence-corrected chi connectivity index (χ4v) is 5.54. The Morgan fingerprint density at radius 1 is 1.09 bits per heavy atom. The van der Waals surface area contributed by atoms with Crippen molar-refractivity contribution >= 4 is 44.4 Å². The number of hydrogen-bond donors (Lipinski definition) is 2. The van der Waals surface area contributed by atoms with E-state index in [9.17, 15) is 36.3 Å². The van der Waals surface area contributed by atoms with Gasteiger partial charge in [-0.3, -0.25) is 4.79 Å². The van der Waals surface area contributed by atoms with Crippen molar-refractivity contribution in [3.05, 3.63) is 50.9 Å². The Kier molecular flexibility index (Phi) is 8.25. The van der Waals surface area contributed by atoms with Crippen molar-refractivity contribution in [2.45, 2.75) is 36.3 Å². The molecule has 1 aromatic carbocycles. The maximum Gasteiger partial charge on any atom is 0.501 e. The van der Waals surface area contributed by atoms with E-state index in [1.54, 1.807) is 5.38 Å². The number of aromatic nitrogens is 2. The van der Waals surface area contributed by atoms with E-state index >= 15 is 0 Å². The first-order chi connectivity index (χ1) is 16.4. The maximum atomic E-state index is 12.6. The molecule has 0 aliphatic heterocycles. The third kappa shape index (κ3) is 6.62. The average molecular weight is 550 g/mol. The maximum absolute atomic E-state index is 12.6. The van der Waals surface area contributed by atoms with Crippen molar-refractivity contribution < 1.29 is 41.0 Å². The van der Waals surface area contributed by atoms with Crippen molar-refractivity contribution in [2.24, 2.45) is 5.73 Å². The lowest BCUT2D eigenvalue weighted by molar-refractivity contribution is -0.117. The molecular formula is C20H18F3N3O6S3. The van der Waals surface area contributed by atoms with E-state index in [1.807, 2.05) is 0 Å². The summed E-state index contributed by atoms with van der Waals surface area (Å²) in [6.45, 7) is -0.289. The summed E-state index contributed by atoms with van der Waals surface area (Å²) >= 11 is 2.43. The molecule has 9 nitrogen and oxygen atoms in total. The number of hydrogen-bond acceptors (Lipinski definition) is 10. The van der Waals surface area contributed by atoms with E-state index in [2.05, 4.69) is 9.97 Å². The summed E-state index contributed by atoms with van der Waals surface area (Å²) in [5, 5.41) is 12.0. The highest BCUT2D eigenvalue weighted by molar-refractivity contribution is 7.92. The minimum absolute atomic E-state index is 0.00449. The molecule has 3 N–H and O–H groups in total. The molecule has 0 saturated carbocycles. The van der Waals surface area contributed by atoms with E-state index in [-0.39, 0.29) is 38.3 Å². The smallest absolute Gasteiger partial charge is 0.449 e. The Labute approximate surface area is 205 Å². The molecule has 3 aromatic rings. The molecule has 0 unspecified atom stereocenters. The van der Waals surface area contributed by atoms with Crippen LogP contribution in [0, 0.1) is 0 Å². The van der Waals surface area contributed by atoms with Crippen LogP contribution in [0.2, 0.25) is 0 Å². The highest BCUT2D eigenvalue weighted by Crippen LogP contribution is 2.32. The molecule has 0 spiro atoms. The summed E-state index contributed by atoms with van der Waals surface area (Å²) in [4.78, 5) is 31.7. The van der Waals surface area contributed by atoms with Crippen molar-refractivity contribution in [3.8, 4) is 10.6 Å². The van der Waals surface area contributed by atoms with Crippen molar-refractivity contribution in [3.63, 3.8) is 0 Å². The molecule has 35 heavy (non-hydrogen) atoms. The number of Topliss-reactive ketones (excluding diaryl/α,β-unsaturated/α-hetero) is 1. The molecule has 0 radical (unpaired) electrons. The third-order valence-corrected chi connectivity index (χ3v) is 7.99. The van der Waals surface area contributed by atoms with Crippen molar-refractivity contribution in [1.29, 1.82) is 0 Å². The van der Waals surface area contributed by atoms with Crippen LogP contribution in [-0.2, 0) is 45.2 Å².